The Bertz CT molecular complexity index is 830. The maximum atomic E-state index is 12.4. The van der Waals surface area contributed by atoms with E-state index in [-0.39, 0.29) is 11.8 Å². The Morgan fingerprint density at radius 3 is 2.52 bits per heavy atom. The lowest BCUT2D eigenvalue weighted by molar-refractivity contribution is 0.0941. The molecule has 0 aliphatic rings. The van der Waals surface area contributed by atoms with Crippen molar-refractivity contribution in [2.24, 2.45) is 5.92 Å². The van der Waals surface area contributed by atoms with Crippen LogP contribution in [-0.4, -0.2) is 57.6 Å². The third-order valence-electron chi connectivity index (χ3n) is 4.30. The number of carbonyl (C=O) groups excluding carboxylic acids is 2. The maximum Gasteiger partial charge on any atom is 0.261 e. The first kappa shape index (κ1) is 22.9. The number of hydrogen-bond donors (Lipinski definition) is 2. The molecule has 0 aliphatic carbocycles. The monoisotopic (exact) mass is 417 g/mol. The van der Waals surface area contributed by atoms with Gasteiger partial charge < -0.3 is 20.3 Å². The molecule has 6 nitrogen and oxygen atoms in total. The van der Waals surface area contributed by atoms with Crippen LogP contribution in [0.3, 0.4) is 0 Å². The van der Waals surface area contributed by atoms with Gasteiger partial charge in [-0.25, -0.2) is 0 Å². The molecule has 2 rings (SSSR count). The Kier molecular flexibility index (Phi) is 8.67. The number of methoxy groups -OCH3 is 1. The van der Waals surface area contributed by atoms with Crippen molar-refractivity contribution in [3.8, 4) is 16.2 Å². The molecule has 2 N–H and O–H groups in total. The fourth-order valence-electron chi connectivity index (χ4n) is 2.72. The Labute approximate surface area is 177 Å². The van der Waals surface area contributed by atoms with Crippen LogP contribution < -0.4 is 15.4 Å². The van der Waals surface area contributed by atoms with Gasteiger partial charge in [-0.2, -0.15) is 0 Å². The summed E-state index contributed by atoms with van der Waals surface area (Å²) >= 11 is 1.43. The second kappa shape index (κ2) is 11.0. The predicted molar refractivity (Wildman–Crippen MR) is 119 cm³/mol. The highest BCUT2D eigenvalue weighted by molar-refractivity contribution is 7.17. The van der Waals surface area contributed by atoms with E-state index in [0.29, 0.717) is 35.2 Å². The van der Waals surface area contributed by atoms with Crippen molar-refractivity contribution in [2.75, 3.05) is 40.8 Å². The lowest BCUT2D eigenvalue weighted by atomic mass is 10.1. The van der Waals surface area contributed by atoms with Crippen molar-refractivity contribution in [3.63, 3.8) is 0 Å². The average Bonchev–Trinajstić information content (AvgIpc) is 3.19. The summed E-state index contributed by atoms with van der Waals surface area (Å²) in [5, 5.41) is 5.87. The fourth-order valence-corrected chi connectivity index (χ4v) is 3.64. The average molecular weight is 418 g/mol. The van der Waals surface area contributed by atoms with Gasteiger partial charge in [-0.15, -0.1) is 11.3 Å². The number of amides is 2. The summed E-state index contributed by atoms with van der Waals surface area (Å²) in [6.07, 6.45) is 0.911. The van der Waals surface area contributed by atoms with Gasteiger partial charge in [0.15, 0.2) is 0 Å². The molecule has 1 aromatic carbocycles. The lowest BCUT2D eigenvalue weighted by Gasteiger charge is -2.12. The van der Waals surface area contributed by atoms with Crippen molar-refractivity contribution in [1.29, 1.82) is 0 Å². The van der Waals surface area contributed by atoms with Crippen molar-refractivity contribution in [2.45, 2.75) is 20.3 Å². The Balaban J connectivity index is 2.07. The van der Waals surface area contributed by atoms with E-state index in [1.807, 2.05) is 52.2 Å². The number of rotatable bonds is 10. The molecule has 0 aliphatic heterocycles. The first-order valence-electron chi connectivity index (χ1n) is 9.81. The van der Waals surface area contributed by atoms with E-state index in [4.69, 9.17) is 4.74 Å². The van der Waals surface area contributed by atoms with Crippen LogP contribution in [0.15, 0.2) is 30.3 Å². The zero-order chi connectivity index (χ0) is 21.4. The summed E-state index contributed by atoms with van der Waals surface area (Å²) in [6, 6.07) is 9.25. The van der Waals surface area contributed by atoms with Crippen LogP contribution >= 0.6 is 11.3 Å². The van der Waals surface area contributed by atoms with Crippen LogP contribution in [0, 0.1) is 5.92 Å². The molecule has 2 aromatic rings. The van der Waals surface area contributed by atoms with Gasteiger partial charge in [0.2, 0.25) is 0 Å². The Morgan fingerprint density at radius 1 is 1.10 bits per heavy atom. The van der Waals surface area contributed by atoms with Crippen molar-refractivity contribution in [1.82, 2.24) is 15.5 Å². The third kappa shape index (κ3) is 6.87. The highest BCUT2D eigenvalue weighted by atomic mass is 32.1. The minimum Gasteiger partial charge on any atom is -0.496 e. The van der Waals surface area contributed by atoms with E-state index in [1.54, 1.807) is 13.2 Å². The van der Waals surface area contributed by atoms with Gasteiger partial charge in [0.1, 0.15) is 5.75 Å². The van der Waals surface area contributed by atoms with Crippen molar-refractivity contribution < 1.29 is 14.3 Å². The number of hydrogen-bond acceptors (Lipinski definition) is 5. The molecular weight excluding hydrogens is 386 g/mol. The summed E-state index contributed by atoms with van der Waals surface area (Å²) in [4.78, 5) is 28.4. The third-order valence-corrected chi connectivity index (χ3v) is 5.43. The standard InChI is InChI=1S/C22H31N3O3S/c1-15(2)14-24-21(26)17-8-7-16(13-18(17)28-5)19-9-10-20(29-19)22(27)23-11-6-12-25(3)4/h7-10,13,15H,6,11-12,14H2,1-5H3,(H,23,27)(H,24,26). The number of ether oxygens (including phenoxy) is 1. The van der Waals surface area contributed by atoms with Crippen LogP contribution in [0.4, 0.5) is 0 Å². The quantitative estimate of drug-likeness (QED) is 0.581. The first-order chi connectivity index (χ1) is 13.8. The van der Waals surface area contributed by atoms with Crippen LogP contribution in [-0.2, 0) is 0 Å². The number of thiophene rings is 1. The SMILES string of the molecule is COc1cc(-c2ccc(C(=O)NCCCN(C)C)s2)ccc1C(=O)NCC(C)C. The molecule has 29 heavy (non-hydrogen) atoms. The summed E-state index contributed by atoms with van der Waals surface area (Å²) in [5.41, 5.74) is 1.42. The summed E-state index contributed by atoms with van der Waals surface area (Å²) < 4.78 is 5.43. The number of benzene rings is 1. The van der Waals surface area contributed by atoms with Gasteiger partial charge in [-0.05, 0) is 62.8 Å². The highest BCUT2D eigenvalue weighted by Crippen LogP contribution is 2.32. The molecule has 7 heteroatoms. The molecule has 0 bridgehead atoms. The van der Waals surface area contributed by atoms with Gasteiger partial charge >= 0.3 is 0 Å². The van der Waals surface area contributed by atoms with Gasteiger partial charge in [-0.3, -0.25) is 9.59 Å². The minimum atomic E-state index is -0.147. The maximum absolute atomic E-state index is 12.4. The molecule has 0 atom stereocenters. The van der Waals surface area contributed by atoms with Crippen molar-refractivity contribution in [3.05, 3.63) is 40.8 Å². The smallest absolute Gasteiger partial charge is 0.261 e. The number of carbonyl (C=O) groups is 2. The summed E-state index contributed by atoms with van der Waals surface area (Å²) in [6.45, 7) is 6.30. The van der Waals surface area contributed by atoms with Gasteiger partial charge in [0.25, 0.3) is 11.8 Å². The normalized spacial score (nSPS) is 11.0. The van der Waals surface area contributed by atoms with E-state index < -0.39 is 0 Å². The second-order valence-corrected chi connectivity index (χ2v) is 8.68. The minimum absolute atomic E-state index is 0.0587. The van der Waals surface area contributed by atoms with Crippen LogP contribution in [0.5, 0.6) is 5.75 Å². The summed E-state index contributed by atoms with van der Waals surface area (Å²) in [7, 11) is 5.58. The topological polar surface area (TPSA) is 70.7 Å². The van der Waals surface area contributed by atoms with E-state index in [2.05, 4.69) is 15.5 Å². The lowest BCUT2D eigenvalue weighted by Crippen LogP contribution is -2.27. The zero-order valence-corrected chi connectivity index (χ0v) is 18.7. The van der Waals surface area contributed by atoms with Crippen molar-refractivity contribution >= 4 is 23.2 Å². The van der Waals surface area contributed by atoms with E-state index in [0.717, 1.165) is 23.4 Å². The summed E-state index contributed by atoms with van der Waals surface area (Å²) in [5.74, 6) is 0.692. The molecule has 0 saturated heterocycles. The molecule has 0 saturated carbocycles. The first-order valence-corrected chi connectivity index (χ1v) is 10.6. The number of nitrogens with one attached hydrogen (secondary N) is 2. The Hall–Kier alpha value is -2.38. The molecule has 0 spiro atoms. The Morgan fingerprint density at radius 2 is 1.86 bits per heavy atom. The molecule has 0 fully saturated rings. The van der Waals surface area contributed by atoms with Gasteiger partial charge in [-0.1, -0.05) is 19.9 Å². The zero-order valence-electron chi connectivity index (χ0n) is 17.9. The molecule has 0 unspecified atom stereocenters. The van der Waals surface area contributed by atoms with Crippen LogP contribution in [0.2, 0.25) is 0 Å². The molecule has 1 aromatic heterocycles. The van der Waals surface area contributed by atoms with Crippen LogP contribution in [0.1, 0.15) is 40.3 Å². The molecule has 1 heterocycles. The largest absolute Gasteiger partial charge is 0.496 e. The van der Waals surface area contributed by atoms with E-state index >= 15 is 0 Å². The highest BCUT2D eigenvalue weighted by Gasteiger charge is 2.15. The second-order valence-electron chi connectivity index (χ2n) is 7.60. The van der Waals surface area contributed by atoms with E-state index in [1.165, 1.54) is 11.3 Å². The fraction of sp³-hybridized carbons (Fsp3) is 0.455. The van der Waals surface area contributed by atoms with E-state index in [9.17, 15) is 9.59 Å². The van der Waals surface area contributed by atoms with Crippen LogP contribution in [0.25, 0.3) is 10.4 Å². The molecule has 2 amide bonds. The molecule has 0 radical (unpaired) electrons. The molecular formula is C22H31N3O3S. The number of nitrogens with zero attached hydrogens (tertiary/aromatic N) is 1. The molecule has 158 valence electrons. The van der Waals surface area contributed by atoms with Gasteiger partial charge in [0.05, 0.1) is 17.6 Å². The van der Waals surface area contributed by atoms with Gasteiger partial charge in [0, 0.05) is 18.0 Å². The predicted octanol–water partition coefficient (Wildman–Crippen LogP) is 3.49.